The highest BCUT2D eigenvalue weighted by Gasteiger charge is 2.34. The van der Waals surface area contributed by atoms with Crippen LogP contribution in [0.4, 0.5) is 11.6 Å². The number of carbonyl (C=O) groups is 1. The number of carbonyl (C=O) groups excluding carboxylic acids is 1. The first kappa shape index (κ1) is 24.1. The second-order valence-corrected chi connectivity index (χ2v) is 10.8. The molecule has 6 nitrogen and oxygen atoms in total. The van der Waals surface area contributed by atoms with Gasteiger partial charge in [-0.05, 0) is 54.5 Å². The summed E-state index contributed by atoms with van der Waals surface area (Å²) in [5, 5.41) is 11.9. The summed E-state index contributed by atoms with van der Waals surface area (Å²) < 4.78 is 1.85. The summed E-state index contributed by atoms with van der Waals surface area (Å²) >= 11 is 1.63. The van der Waals surface area contributed by atoms with Gasteiger partial charge in [-0.15, -0.1) is 5.10 Å². The van der Waals surface area contributed by atoms with Gasteiger partial charge < -0.3 is 10.6 Å². The van der Waals surface area contributed by atoms with E-state index >= 15 is 0 Å². The van der Waals surface area contributed by atoms with Crippen molar-refractivity contribution in [1.82, 2.24) is 14.8 Å². The average Bonchev–Trinajstić information content (AvgIpc) is 3.18. The van der Waals surface area contributed by atoms with Crippen molar-refractivity contribution in [2.45, 2.75) is 64.6 Å². The van der Waals surface area contributed by atoms with Crippen molar-refractivity contribution in [2.75, 3.05) is 16.4 Å². The standard InChI is InChI=1S/C27H33N5OS/c1-7-15-34-26-30-25-28-18(3)22(24(33)29-21-10-8-9-17(2)16-21)23(32(25)31-26)19-11-13-20(14-12-19)27(4,5)6/h8-14,16,23H,7,15H2,1-6H3,(H,29,33)(H,28,30,31). The van der Waals surface area contributed by atoms with Crippen LogP contribution in [0.2, 0.25) is 0 Å². The zero-order valence-electron chi connectivity index (χ0n) is 20.8. The Labute approximate surface area is 206 Å². The molecule has 2 heterocycles. The number of anilines is 2. The summed E-state index contributed by atoms with van der Waals surface area (Å²) in [4.78, 5) is 18.3. The maximum atomic E-state index is 13.6. The van der Waals surface area contributed by atoms with Crippen LogP contribution in [0.1, 0.15) is 63.8 Å². The Morgan fingerprint density at radius 3 is 2.53 bits per heavy atom. The van der Waals surface area contributed by atoms with Crippen molar-refractivity contribution >= 4 is 29.3 Å². The Hall–Kier alpha value is -3.06. The lowest BCUT2D eigenvalue weighted by Gasteiger charge is -2.29. The molecule has 3 aromatic rings. The zero-order chi connectivity index (χ0) is 24.5. The molecule has 0 radical (unpaired) electrons. The van der Waals surface area contributed by atoms with Gasteiger partial charge in [0.05, 0.1) is 5.57 Å². The fraction of sp³-hybridized carbons (Fsp3) is 0.370. The number of thioether (sulfide) groups is 1. The molecule has 7 heteroatoms. The van der Waals surface area contributed by atoms with Crippen LogP contribution in [0.5, 0.6) is 0 Å². The Morgan fingerprint density at radius 1 is 1.15 bits per heavy atom. The minimum atomic E-state index is -0.376. The van der Waals surface area contributed by atoms with Gasteiger partial charge in [-0.2, -0.15) is 4.98 Å². The van der Waals surface area contributed by atoms with Gasteiger partial charge in [-0.1, -0.05) is 75.9 Å². The lowest BCUT2D eigenvalue weighted by molar-refractivity contribution is -0.113. The third-order valence-electron chi connectivity index (χ3n) is 5.88. The molecule has 1 atom stereocenters. The topological polar surface area (TPSA) is 71.8 Å². The maximum absolute atomic E-state index is 13.6. The van der Waals surface area contributed by atoms with E-state index in [0.717, 1.165) is 34.7 Å². The predicted octanol–water partition coefficient (Wildman–Crippen LogP) is 6.31. The fourth-order valence-electron chi connectivity index (χ4n) is 4.07. The molecular weight excluding hydrogens is 442 g/mol. The molecule has 1 aliphatic rings. The van der Waals surface area contributed by atoms with E-state index in [-0.39, 0.29) is 17.4 Å². The van der Waals surface area contributed by atoms with Gasteiger partial charge in [-0.25, -0.2) is 4.68 Å². The number of hydrogen-bond donors (Lipinski definition) is 2. The van der Waals surface area contributed by atoms with Gasteiger partial charge in [0, 0.05) is 17.1 Å². The molecule has 4 rings (SSSR count). The number of allylic oxidation sites excluding steroid dienone is 1. The van der Waals surface area contributed by atoms with Gasteiger partial charge in [0.15, 0.2) is 0 Å². The van der Waals surface area contributed by atoms with Gasteiger partial charge in [-0.3, -0.25) is 4.79 Å². The highest BCUT2D eigenvalue weighted by atomic mass is 32.2. The van der Waals surface area contributed by atoms with E-state index in [4.69, 9.17) is 10.1 Å². The summed E-state index contributed by atoms with van der Waals surface area (Å²) in [7, 11) is 0. The molecule has 0 aliphatic carbocycles. The number of rotatable bonds is 6. The van der Waals surface area contributed by atoms with Crippen molar-refractivity contribution in [3.8, 4) is 0 Å². The zero-order valence-corrected chi connectivity index (χ0v) is 21.6. The van der Waals surface area contributed by atoms with Crippen molar-refractivity contribution in [3.05, 3.63) is 76.5 Å². The van der Waals surface area contributed by atoms with E-state index in [1.807, 2.05) is 42.8 Å². The van der Waals surface area contributed by atoms with Crippen LogP contribution in [0.3, 0.4) is 0 Å². The Morgan fingerprint density at radius 2 is 1.88 bits per heavy atom. The van der Waals surface area contributed by atoms with E-state index < -0.39 is 0 Å². The summed E-state index contributed by atoms with van der Waals surface area (Å²) in [6.45, 7) is 12.7. The molecule has 0 saturated carbocycles. The highest BCUT2D eigenvalue weighted by molar-refractivity contribution is 7.99. The molecular formula is C27H33N5OS. The van der Waals surface area contributed by atoms with E-state index in [1.54, 1.807) is 11.8 Å². The van der Waals surface area contributed by atoms with Crippen LogP contribution in [-0.4, -0.2) is 26.4 Å². The summed E-state index contributed by atoms with van der Waals surface area (Å²) in [6.07, 6.45) is 1.04. The molecule has 178 valence electrons. The van der Waals surface area contributed by atoms with Crippen LogP contribution < -0.4 is 10.6 Å². The summed E-state index contributed by atoms with van der Waals surface area (Å²) in [5.41, 5.74) is 5.57. The van der Waals surface area contributed by atoms with Crippen LogP contribution in [0.25, 0.3) is 0 Å². The van der Waals surface area contributed by atoms with Crippen LogP contribution >= 0.6 is 11.8 Å². The van der Waals surface area contributed by atoms with Crippen LogP contribution in [0.15, 0.2) is 65.0 Å². The number of aromatic nitrogens is 3. The number of hydrogen-bond acceptors (Lipinski definition) is 5. The lowest BCUT2D eigenvalue weighted by atomic mass is 9.85. The smallest absolute Gasteiger partial charge is 0.255 e. The lowest BCUT2D eigenvalue weighted by Crippen LogP contribution is -2.31. The van der Waals surface area contributed by atoms with Crippen molar-refractivity contribution in [2.24, 2.45) is 0 Å². The first-order chi connectivity index (χ1) is 16.2. The number of benzene rings is 2. The monoisotopic (exact) mass is 475 g/mol. The minimum Gasteiger partial charge on any atom is -0.328 e. The normalized spacial score (nSPS) is 15.6. The Kier molecular flexibility index (Phi) is 6.84. The first-order valence-corrected chi connectivity index (χ1v) is 12.7. The summed E-state index contributed by atoms with van der Waals surface area (Å²) in [6, 6.07) is 16.0. The van der Waals surface area contributed by atoms with Crippen molar-refractivity contribution < 1.29 is 4.79 Å². The molecule has 2 aromatic carbocycles. The highest BCUT2D eigenvalue weighted by Crippen LogP contribution is 2.37. The van der Waals surface area contributed by atoms with E-state index in [0.29, 0.717) is 16.7 Å². The molecule has 1 aliphatic heterocycles. The van der Waals surface area contributed by atoms with E-state index in [1.165, 1.54) is 5.56 Å². The number of nitrogens with one attached hydrogen (secondary N) is 2. The fourth-order valence-corrected chi connectivity index (χ4v) is 4.76. The largest absolute Gasteiger partial charge is 0.328 e. The van der Waals surface area contributed by atoms with Gasteiger partial charge in [0.25, 0.3) is 5.91 Å². The van der Waals surface area contributed by atoms with Gasteiger partial charge >= 0.3 is 0 Å². The second-order valence-electron chi connectivity index (χ2n) is 9.77. The molecule has 0 bridgehead atoms. The quantitative estimate of drug-likeness (QED) is 0.409. The molecule has 1 unspecified atom stereocenters. The molecule has 2 N–H and O–H groups in total. The van der Waals surface area contributed by atoms with E-state index in [2.05, 4.69) is 62.6 Å². The summed E-state index contributed by atoms with van der Waals surface area (Å²) in [5.74, 6) is 1.46. The van der Waals surface area contributed by atoms with Crippen molar-refractivity contribution in [1.29, 1.82) is 0 Å². The van der Waals surface area contributed by atoms with Crippen LogP contribution in [-0.2, 0) is 10.2 Å². The number of aryl methyl sites for hydroxylation is 1. The van der Waals surface area contributed by atoms with Crippen LogP contribution in [0, 0.1) is 6.92 Å². The molecule has 1 amide bonds. The van der Waals surface area contributed by atoms with Gasteiger partial charge in [0.2, 0.25) is 11.1 Å². The molecule has 34 heavy (non-hydrogen) atoms. The Balaban J connectivity index is 1.76. The van der Waals surface area contributed by atoms with Crippen molar-refractivity contribution in [3.63, 3.8) is 0 Å². The number of fused-ring (bicyclic) bond motifs is 1. The third-order valence-corrected chi connectivity index (χ3v) is 6.92. The Bertz CT molecular complexity index is 1220. The molecule has 0 fully saturated rings. The maximum Gasteiger partial charge on any atom is 0.255 e. The minimum absolute atomic E-state index is 0.0478. The van der Waals surface area contributed by atoms with E-state index in [9.17, 15) is 4.79 Å². The molecule has 1 aromatic heterocycles. The predicted molar refractivity (Wildman–Crippen MR) is 140 cm³/mol. The molecule has 0 saturated heterocycles. The SMILES string of the molecule is CCCSc1nc2n(n1)C(c1ccc(C(C)(C)C)cc1)C(C(=O)Nc1cccc(C)c1)=C(C)N2. The number of nitrogens with zero attached hydrogens (tertiary/aromatic N) is 3. The first-order valence-electron chi connectivity index (χ1n) is 11.7. The van der Waals surface area contributed by atoms with Gasteiger partial charge in [0.1, 0.15) is 6.04 Å². The third kappa shape index (κ3) is 5.04. The number of amides is 1. The average molecular weight is 476 g/mol. The second kappa shape index (κ2) is 9.66. The molecule has 0 spiro atoms.